The van der Waals surface area contributed by atoms with Crippen molar-refractivity contribution in [1.29, 1.82) is 0 Å². The topological polar surface area (TPSA) is 64.4 Å². The van der Waals surface area contributed by atoms with E-state index in [2.05, 4.69) is 5.32 Å². The van der Waals surface area contributed by atoms with E-state index in [1.807, 2.05) is 6.07 Å². The van der Waals surface area contributed by atoms with E-state index in [-0.39, 0.29) is 16.7 Å². The van der Waals surface area contributed by atoms with Crippen LogP contribution in [0.1, 0.15) is 56.6 Å². The van der Waals surface area contributed by atoms with E-state index >= 15 is 0 Å². The van der Waals surface area contributed by atoms with Gasteiger partial charge < -0.3 is 10.1 Å². The number of rotatable bonds is 2. The van der Waals surface area contributed by atoms with Crippen LogP contribution >= 0.6 is 0 Å². The van der Waals surface area contributed by atoms with E-state index in [9.17, 15) is 10.1 Å². The molecule has 23 heavy (non-hydrogen) atoms. The number of benzene rings is 1. The van der Waals surface area contributed by atoms with Gasteiger partial charge in [-0.3, -0.25) is 10.1 Å². The molecule has 2 aliphatic heterocycles. The maximum absolute atomic E-state index is 11.5. The fraction of sp³-hybridized carbons (Fsp3) is 0.667. The molecule has 5 heteroatoms. The number of nitro benzene ring substituents is 1. The Hall–Kier alpha value is -1.62. The molecule has 1 aromatic rings. The highest BCUT2D eigenvalue weighted by molar-refractivity contribution is 5.64. The second kappa shape index (κ2) is 6.11. The van der Waals surface area contributed by atoms with Crippen LogP contribution < -0.4 is 5.32 Å². The van der Waals surface area contributed by atoms with Crippen LogP contribution in [0.15, 0.2) is 18.2 Å². The third-order valence-electron chi connectivity index (χ3n) is 5.87. The van der Waals surface area contributed by atoms with Gasteiger partial charge in [-0.25, -0.2) is 0 Å². The third-order valence-corrected chi connectivity index (χ3v) is 5.87. The summed E-state index contributed by atoms with van der Waals surface area (Å²) in [5, 5.41) is 15.1. The summed E-state index contributed by atoms with van der Waals surface area (Å²) in [5.41, 5.74) is 1.89. The molecule has 1 aromatic carbocycles. The molecule has 0 radical (unpaired) electrons. The minimum absolute atomic E-state index is 0.117. The molecular weight excluding hydrogens is 292 g/mol. The minimum atomic E-state index is -0.267. The first-order valence-corrected chi connectivity index (χ1v) is 8.91. The number of fused-ring (bicyclic) bond motifs is 3. The Kier molecular flexibility index (Phi) is 3.97. The smallest absolute Gasteiger partial charge is 0.277 e. The molecule has 1 aliphatic carbocycles. The monoisotopic (exact) mass is 316 g/mol. The van der Waals surface area contributed by atoms with Crippen LogP contribution in [0.4, 0.5) is 11.4 Å². The molecule has 124 valence electrons. The van der Waals surface area contributed by atoms with Crippen LogP contribution in [0.5, 0.6) is 0 Å². The van der Waals surface area contributed by atoms with Crippen molar-refractivity contribution in [3.8, 4) is 0 Å². The summed E-state index contributed by atoms with van der Waals surface area (Å²) in [6.07, 6.45) is 8.54. The van der Waals surface area contributed by atoms with E-state index in [1.165, 1.54) is 32.1 Å². The van der Waals surface area contributed by atoms with Crippen LogP contribution in [-0.2, 0) is 4.74 Å². The Labute approximate surface area is 136 Å². The van der Waals surface area contributed by atoms with Gasteiger partial charge >= 0.3 is 0 Å². The summed E-state index contributed by atoms with van der Waals surface area (Å²) in [6, 6.07) is 5.77. The third kappa shape index (κ3) is 2.61. The predicted molar refractivity (Wildman–Crippen MR) is 88.5 cm³/mol. The maximum atomic E-state index is 11.5. The highest BCUT2D eigenvalue weighted by Crippen LogP contribution is 2.50. The van der Waals surface area contributed by atoms with Gasteiger partial charge in [-0.15, -0.1) is 0 Å². The first-order chi connectivity index (χ1) is 11.3. The molecule has 0 amide bonds. The summed E-state index contributed by atoms with van der Waals surface area (Å²) >= 11 is 0. The van der Waals surface area contributed by atoms with Gasteiger partial charge in [-0.1, -0.05) is 25.3 Å². The molecule has 3 aliphatic rings. The van der Waals surface area contributed by atoms with Crippen LogP contribution in [-0.4, -0.2) is 17.6 Å². The Bertz CT molecular complexity index is 598. The molecular formula is C18H24N2O3. The lowest BCUT2D eigenvalue weighted by atomic mass is 9.71. The number of hydrogen-bond donors (Lipinski definition) is 1. The average Bonchev–Trinajstić information content (AvgIpc) is 2.61. The van der Waals surface area contributed by atoms with Crippen molar-refractivity contribution in [3.05, 3.63) is 33.9 Å². The average molecular weight is 316 g/mol. The van der Waals surface area contributed by atoms with E-state index in [1.54, 1.807) is 12.1 Å². The second-order valence-corrected chi connectivity index (χ2v) is 7.16. The van der Waals surface area contributed by atoms with E-state index in [0.29, 0.717) is 24.5 Å². The zero-order valence-electron chi connectivity index (χ0n) is 13.4. The van der Waals surface area contributed by atoms with Crippen molar-refractivity contribution in [3.63, 3.8) is 0 Å². The summed E-state index contributed by atoms with van der Waals surface area (Å²) in [6.45, 7) is 0.712. The molecule has 0 spiro atoms. The normalized spacial score (nSPS) is 30.9. The van der Waals surface area contributed by atoms with Crippen molar-refractivity contribution in [1.82, 2.24) is 0 Å². The Morgan fingerprint density at radius 3 is 2.74 bits per heavy atom. The van der Waals surface area contributed by atoms with Gasteiger partial charge in [0.2, 0.25) is 0 Å². The lowest BCUT2D eigenvalue weighted by Gasteiger charge is -2.46. The zero-order valence-corrected chi connectivity index (χ0v) is 13.4. The highest BCUT2D eigenvalue weighted by atomic mass is 16.6. The van der Waals surface area contributed by atoms with E-state index in [0.717, 1.165) is 24.1 Å². The summed E-state index contributed by atoms with van der Waals surface area (Å²) in [7, 11) is 0. The number of nitrogens with one attached hydrogen (secondary N) is 1. The number of anilines is 1. The zero-order chi connectivity index (χ0) is 15.8. The highest BCUT2D eigenvalue weighted by Gasteiger charge is 2.45. The lowest BCUT2D eigenvalue weighted by Crippen LogP contribution is -2.46. The summed E-state index contributed by atoms with van der Waals surface area (Å²) in [4.78, 5) is 11.2. The molecule has 0 bridgehead atoms. The van der Waals surface area contributed by atoms with Crippen LogP contribution in [0, 0.1) is 22.0 Å². The lowest BCUT2D eigenvalue weighted by molar-refractivity contribution is -0.386. The van der Waals surface area contributed by atoms with Crippen LogP contribution in [0.2, 0.25) is 0 Å². The number of nitrogens with zero attached hydrogens (tertiary/aromatic N) is 1. The van der Waals surface area contributed by atoms with E-state index < -0.39 is 0 Å². The standard InChI is InChI=1S/C18H24N2O3/c21-20(22)15-10-4-9-14-16(15)18-13(8-5-11-23-18)17(19-14)12-6-2-1-3-7-12/h4,9-10,12-13,17-19H,1-3,5-8,11H2/t13-,17+,18-/m0/s1. The van der Waals surface area contributed by atoms with Crippen LogP contribution in [0.3, 0.4) is 0 Å². The van der Waals surface area contributed by atoms with Gasteiger partial charge in [0, 0.05) is 30.3 Å². The molecule has 3 atom stereocenters. The summed E-state index contributed by atoms with van der Waals surface area (Å²) in [5.74, 6) is 1.03. The molecule has 0 unspecified atom stereocenters. The fourth-order valence-electron chi connectivity index (χ4n) is 4.85. The Balaban J connectivity index is 1.73. The summed E-state index contributed by atoms with van der Waals surface area (Å²) < 4.78 is 6.08. The molecule has 2 fully saturated rings. The fourth-order valence-corrected chi connectivity index (χ4v) is 4.85. The molecule has 5 nitrogen and oxygen atoms in total. The largest absolute Gasteiger partial charge is 0.381 e. The second-order valence-electron chi connectivity index (χ2n) is 7.16. The Morgan fingerprint density at radius 2 is 1.96 bits per heavy atom. The molecule has 1 N–H and O–H groups in total. The minimum Gasteiger partial charge on any atom is -0.381 e. The number of hydrogen-bond acceptors (Lipinski definition) is 4. The van der Waals surface area contributed by atoms with Gasteiger partial charge in [0.25, 0.3) is 5.69 Å². The molecule has 2 heterocycles. The molecule has 0 aromatic heterocycles. The van der Waals surface area contributed by atoms with Crippen molar-refractivity contribution in [2.45, 2.75) is 57.1 Å². The van der Waals surface area contributed by atoms with Crippen molar-refractivity contribution >= 4 is 11.4 Å². The number of ether oxygens (including phenoxy) is 1. The van der Waals surface area contributed by atoms with E-state index in [4.69, 9.17) is 4.74 Å². The number of nitro groups is 1. The van der Waals surface area contributed by atoms with Crippen molar-refractivity contribution in [2.24, 2.45) is 11.8 Å². The molecule has 1 saturated heterocycles. The van der Waals surface area contributed by atoms with Gasteiger partial charge in [-0.05, 0) is 37.7 Å². The van der Waals surface area contributed by atoms with Gasteiger partial charge in [0.15, 0.2) is 0 Å². The van der Waals surface area contributed by atoms with Crippen molar-refractivity contribution in [2.75, 3.05) is 11.9 Å². The molecule has 1 saturated carbocycles. The van der Waals surface area contributed by atoms with Gasteiger partial charge in [-0.2, -0.15) is 0 Å². The first kappa shape index (κ1) is 14.9. The van der Waals surface area contributed by atoms with Gasteiger partial charge in [0.05, 0.1) is 16.6 Å². The molecule has 4 rings (SSSR count). The Morgan fingerprint density at radius 1 is 1.13 bits per heavy atom. The first-order valence-electron chi connectivity index (χ1n) is 8.91. The maximum Gasteiger partial charge on any atom is 0.277 e. The predicted octanol–water partition coefficient (Wildman–Crippen LogP) is 4.44. The van der Waals surface area contributed by atoms with Crippen molar-refractivity contribution < 1.29 is 9.66 Å². The van der Waals surface area contributed by atoms with Crippen LogP contribution in [0.25, 0.3) is 0 Å². The van der Waals surface area contributed by atoms with Gasteiger partial charge in [0.1, 0.15) is 0 Å². The quantitative estimate of drug-likeness (QED) is 0.647. The SMILES string of the molecule is O=[N+]([O-])c1cccc2c1[C@H]1OCCC[C@H]1[C@@H](C1CCCCC1)N2.